The van der Waals surface area contributed by atoms with Crippen LogP contribution in [0.15, 0.2) is 106 Å². The largest absolute Gasteiger partial charge is 0.435 e. The fraction of sp³-hybridized carbons (Fsp3) is 0.105. The molecule has 0 bridgehead atoms. The Morgan fingerprint density at radius 2 is 0.870 bits per heavy atom. The number of hydrogen-bond acceptors (Lipinski definition) is 6. The summed E-state index contributed by atoms with van der Waals surface area (Å²) in [4.78, 5) is 13.7. The smallest absolute Gasteiger partial charge is 0.237 e. The Kier molecular flexibility index (Phi) is 7.54. The molecule has 4 heterocycles. The molecule has 8 rings (SSSR count). The lowest BCUT2D eigenvalue weighted by Crippen LogP contribution is -1.81. The number of aromatic nitrogens is 2. The molecule has 0 fully saturated rings. The molecule has 4 aromatic heterocycles. The number of hydrogen-bond donors (Lipinski definition) is 0. The average Bonchev–Trinajstić information content (AvgIpc) is 3.90. The second-order valence-electron chi connectivity index (χ2n) is 11.1. The molecule has 0 unspecified atom stereocenters. The third kappa shape index (κ3) is 5.35. The van der Waals surface area contributed by atoms with Crippen molar-refractivity contribution in [2.45, 2.75) is 26.7 Å². The van der Waals surface area contributed by atoms with Crippen molar-refractivity contribution >= 4 is 68.1 Å². The van der Waals surface area contributed by atoms with Crippen molar-refractivity contribution in [3.05, 3.63) is 118 Å². The summed E-state index contributed by atoms with van der Waals surface area (Å²) >= 11 is 16.1. The van der Waals surface area contributed by atoms with Crippen LogP contribution in [-0.2, 0) is 12.8 Å². The zero-order valence-corrected chi connectivity index (χ0v) is 28.1. The van der Waals surface area contributed by atoms with Gasteiger partial charge in [0.2, 0.25) is 11.8 Å². The van der Waals surface area contributed by atoms with Crippen molar-refractivity contribution in [2.75, 3.05) is 0 Å². The number of nitrogens with zero attached hydrogens (tertiary/aromatic N) is 2. The maximum Gasteiger partial charge on any atom is 0.237 e. The lowest BCUT2D eigenvalue weighted by Gasteiger charge is -2.05. The Bertz CT molecular complexity index is 2200. The highest BCUT2D eigenvalue weighted by Gasteiger charge is 2.16. The number of benzene rings is 4. The van der Waals surface area contributed by atoms with E-state index in [4.69, 9.17) is 42.0 Å². The third-order valence-corrected chi connectivity index (χ3v) is 11.1. The standard InChI is InChI=1S/C38H26Cl2N2O2S2/c1-3-21-17-31-29(19-27(21)39)41-37(43-31)35-15-13-33(45-35)25-9-5-23(6-10-25)24-7-11-26(12-8-24)34-14-16-36(46-34)38-42-30-20-28(40)22(4-2)18-32(30)44-38/h5-20H,3-4H2,1-2H3. The second kappa shape index (κ2) is 11.9. The summed E-state index contributed by atoms with van der Waals surface area (Å²) in [5.74, 6) is 1.24. The van der Waals surface area contributed by atoms with Crippen LogP contribution in [0.5, 0.6) is 0 Å². The third-order valence-electron chi connectivity index (χ3n) is 8.18. The molecular weight excluding hydrogens is 651 g/mol. The lowest BCUT2D eigenvalue weighted by atomic mass is 10.0. The number of fused-ring (bicyclic) bond motifs is 2. The molecule has 0 aliphatic rings. The van der Waals surface area contributed by atoms with E-state index in [0.29, 0.717) is 11.8 Å². The minimum Gasteiger partial charge on any atom is -0.435 e. The van der Waals surface area contributed by atoms with E-state index >= 15 is 0 Å². The summed E-state index contributed by atoms with van der Waals surface area (Å²) in [6, 6.07) is 33.5. The highest BCUT2D eigenvalue weighted by atomic mass is 35.5. The minimum atomic E-state index is 0.620. The van der Waals surface area contributed by atoms with Gasteiger partial charge in [0, 0.05) is 19.8 Å². The SMILES string of the molecule is CCc1cc2oc(-c3ccc(-c4ccc(-c5ccc(-c6ccc(-c7nc8cc(Cl)c(CC)cc8o7)s6)cc5)cc4)s3)nc2cc1Cl. The molecule has 0 saturated heterocycles. The van der Waals surface area contributed by atoms with Gasteiger partial charge in [0.25, 0.3) is 0 Å². The van der Waals surface area contributed by atoms with Gasteiger partial charge in [0.15, 0.2) is 11.2 Å². The molecule has 0 atom stereocenters. The summed E-state index contributed by atoms with van der Waals surface area (Å²) in [5.41, 5.74) is 9.85. The molecule has 4 nitrogen and oxygen atoms in total. The highest BCUT2D eigenvalue weighted by molar-refractivity contribution is 7.19. The van der Waals surface area contributed by atoms with E-state index in [9.17, 15) is 0 Å². The number of thiophene rings is 2. The fourth-order valence-corrected chi connectivity index (χ4v) is 8.06. The van der Waals surface area contributed by atoms with Crippen molar-refractivity contribution < 1.29 is 8.83 Å². The van der Waals surface area contributed by atoms with E-state index in [2.05, 4.69) is 86.6 Å². The van der Waals surface area contributed by atoms with Crippen LogP contribution in [0.3, 0.4) is 0 Å². The number of aryl methyl sites for hydroxylation is 2. The molecule has 4 aromatic carbocycles. The first-order valence-electron chi connectivity index (χ1n) is 15.1. The number of rotatable bonds is 7. The maximum atomic E-state index is 6.39. The Morgan fingerprint density at radius 1 is 0.500 bits per heavy atom. The van der Waals surface area contributed by atoms with Crippen LogP contribution in [0.4, 0.5) is 0 Å². The van der Waals surface area contributed by atoms with Crippen LogP contribution in [-0.4, -0.2) is 9.97 Å². The molecule has 8 aromatic rings. The minimum absolute atomic E-state index is 0.620. The Morgan fingerprint density at radius 3 is 1.26 bits per heavy atom. The predicted molar refractivity (Wildman–Crippen MR) is 193 cm³/mol. The van der Waals surface area contributed by atoms with Crippen molar-refractivity contribution in [1.82, 2.24) is 9.97 Å². The molecular formula is C38H26Cl2N2O2S2. The van der Waals surface area contributed by atoms with E-state index in [1.807, 2.05) is 24.3 Å². The topological polar surface area (TPSA) is 52.1 Å². The van der Waals surface area contributed by atoms with E-state index in [-0.39, 0.29) is 0 Å². The zero-order valence-electron chi connectivity index (χ0n) is 24.9. The van der Waals surface area contributed by atoms with Crippen molar-refractivity contribution in [1.29, 1.82) is 0 Å². The van der Waals surface area contributed by atoms with Crippen LogP contribution in [0.1, 0.15) is 25.0 Å². The van der Waals surface area contributed by atoms with Gasteiger partial charge in [0.05, 0.1) is 9.75 Å². The Labute approximate surface area is 283 Å². The summed E-state index contributed by atoms with van der Waals surface area (Å²) in [6.45, 7) is 4.16. The second-order valence-corrected chi connectivity index (χ2v) is 14.0. The van der Waals surface area contributed by atoms with Gasteiger partial charge < -0.3 is 8.83 Å². The number of oxazole rings is 2. The normalized spacial score (nSPS) is 11.7. The predicted octanol–water partition coefficient (Wildman–Crippen LogP) is 12.9. The van der Waals surface area contributed by atoms with Crippen LogP contribution in [0.25, 0.3) is 75.7 Å². The lowest BCUT2D eigenvalue weighted by molar-refractivity contribution is 0.621. The van der Waals surface area contributed by atoms with Gasteiger partial charge in [-0.25, -0.2) is 9.97 Å². The van der Waals surface area contributed by atoms with Gasteiger partial charge in [-0.3, -0.25) is 0 Å². The maximum absolute atomic E-state index is 6.39. The molecule has 226 valence electrons. The molecule has 0 N–H and O–H groups in total. The van der Waals surface area contributed by atoms with E-state index in [1.54, 1.807) is 22.7 Å². The fourth-order valence-electron chi connectivity index (χ4n) is 5.60. The molecule has 0 spiro atoms. The van der Waals surface area contributed by atoms with E-state index in [1.165, 1.54) is 0 Å². The molecule has 0 amide bonds. The van der Waals surface area contributed by atoms with E-state index < -0.39 is 0 Å². The van der Waals surface area contributed by atoms with Gasteiger partial charge in [0.1, 0.15) is 11.0 Å². The number of halogens is 2. The molecule has 0 aliphatic carbocycles. The van der Waals surface area contributed by atoms with Crippen LogP contribution in [0, 0.1) is 0 Å². The van der Waals surface area contributed by atoms with Crippen molar-refractivity contribution in [3.63, 3.8) is 0 Å². The van der Waals surface area contributed by atoms with Crippen LogP contribution >= 0.6 is 45.9 Å². The summed E-state index contributed by atoms with van der Waals surface area (Å²) in [6.07, 6.45) is 1.70. The Balaban J connectivity index is 0.986. The summed E-state index contributed by atoms with van der Waals surface area (Å²) in [7, 11) is 0. The Hall–Kier alpha value is -4.20. The quantitative estimate of drug-likeness (QED) is 0.168. The van der Waals surface area contributed by atoms with Crippen molar-refractivity contribution in [3.8, 4) is 53.5 Å². The van der Waals surface area contributed by atoms with Gasteiger partial charge in [-0.1, -0.05) is 85.6 Å². The first kappa shape index (κ1) is 29.2. The monoisotopic (exact) mass is 676 g/mol. The van der Waals surface area contributed by atoms with Gasteiger partial charge in [-0.15, -0.1) is 22.7 Å². The summed E-state index contributed by atoms with van der Waals surface area (Å²) < 4.78 is 12.2. The van der Waals surface area contributed by atoms with Gasteiger partial charge in [-0.05, 0) is 94.8 Å². The highest BCUT2D eigenvalue weighted by Crippen LogP contribution is 2.39. The molecule has 0 radical (unpaired) electrons. The average molecular weight is 678 g/mol. The van der Waals surface area contributed by atoms with Crippen LogP contribution in [0.2, 0.25) is 10.0 Å². The van der Waals surface area contributed by atoms with Crippen molar-refractivity contribution in [2.24, 2.45) is 0 Å². The molecule has 0 saturated carbocycles. The first-order chi connectivity index (χ1) is 22.4. The first-order valence-corrected chi connectivity index (χ1v) is 17.4. The molecule has 8 heteroatoms. The molecule has 46 heavy (non-hydrogen) atoms. The van der Waals surface area contributed by atoms with E-state index in [0.717, 1.165) is 98.0 Å². The van der Waals surface area contributed by atoms with Crippen LogP contribution < -0.4 is 0 Å². The zero-order chi connectivity index (χ0) is 31.4. The van der Waals surface area contributed by atoms with Gasteiger partial charge in [-0.2, -0.15) is 0 Å². The van der Waals surface area contributed by atoms with Gasteiger partial charge >= 0.3 is 0 Å². The summed E-state index contributed by atoms with van der Waals surface area (Å²) in [5, 5.41) is 1.45. The molecule has 0 aliphatic heterocycles.